The molecule has 2 aromatic carbocycles. The van der Waals surface area contributed by atoms with E-state index >= 15 is 0 Å². The van der Waals surface area contributed by atoms with Gasteiger partial charge in [-0.2, -0.15) is 0 Å². The van der Waals surface area contributed by atoms with Crippen molar-refractivity contribution in [1.29, 1.82) is 0 Å². The Bertz CT molecular complexity index is 766. The van der Waals surface area contributed by atoms with Gasteiger partial charge in [-0.25, -0.2) is 17.2 Å². The van der Waals surface area contributed by atoms with E-state index in [0.717, 1.165) is 12.1 Å². The zero-order valence-corrected chi connectivity index (χ0v) is 12.3. The van der Waals surface area contributed by atoms with E-state index in [-0.39, 0.29) is 10.6 Å². The Morgan fingerprint density at radius 1 is 1.05 bits per heavy atom. The molecule has 20 heavy (non-hydrogen) atoms. The first-order valence-corrected chi connectivity index (χ1v) is 7.60. The van der Waals surface area contributed by atoms with Crippen LogP contribution in [-0.4, -0.2) is 8.42 Å². The van der Waals surface area contributed by atoms with Crippen molar-refractivity contribution in [2.45, 2.75) is 4.90 Å². The zero-order chi connectivity index (χ0) is 14.9. The molecule has 0 unspecified atom stereocenters. The number of hydrogen-bond acceptors (Lipinski definition) is 3. The van der Waals surface area contributed by atoms with Crippen molar-refractivity contribution in [1.82, 2.24) is 0 Å². The molecular formula is C12H9BrF2N2O2S. The van der Waals surface area contributed by atoms with Crippen LogP contribution in [-0.2, 0) is 10.0 Å². The minimum atomic E-state index is -4.03. The Kier molecular flexibility index (Phi) is 3.96. The van der Waals surface area contributed by atoms with Crippen LogP contribution in [0.2, 0.25) is 0 Å². The first-order chi connectivity index (χ1) is 9.29. The molecule has 0 fully saturated rings. The highest BCUT2D eigenvalue weighted by atomic mass is 79.9. The fourth-order valence-corrected chi connectivity index (χ4v) is 3.03. The molecule has 0 amide bonds. The standard InChI is InChI=1S/C12H9BrF2N2O2S/c13-9-3-1-7(16)5-12(9)17-20(18,19)8-2-4-10(14)11(15)6-8/h1-6,17H,16H2. The number of sulfonamides is 1. The number of nitrogens with one attached hydrogen (secondary N) is 1. The summed E-state index contributed by atoms with van der Waals surface area (Å²) >= 11 is 3.17. The van der Waals surface area contributed by atoms with E-state index in [1.54, 1.807) is 12.1 Å². The van der Waals surface area contributed by atoms with Crippen molar-refractivity contribution in [3.8, 4) is 0 Å². The number of anilines is 2. The second kappa shape index (κ2) is 5.37. The Hall–Kier alpha value is -1.67. The summed E-state index contributed by atoms with van der Waals surface area (Å²) in [6, 6.07) is 6.89. The molecule has 3 N–H and O–H groups in total. The van der Waals surface area contributed by atoms with Gasteiger partial charge in [0.15, 0.2) is 11.6 Å². The van der Waals surface area contributed by atoms with Crippen molar-refractivity contribution in [2.75, 3.05) is 10.5 Å². The summed E-state index contributed by atoms with van der Waals surface area (Å²) in [7, 11) is -4.03. The van der Waals surface area contributed by atoms with Crippen LogP contribution < -0.4 is 10.5 Å². The molecule has 0 saturated carbocycles. The van der Waals surface area contributed by atoms with Gasteiger partial charge in [-0.05, 0) is 52.3 Å². The molecule has 106 valence electrons. The highest BCUT2D eigenvalue weighted by Gasteiger charge is 2.17. The van der Waals surface area contributed by atoms with Crippen molar-refractivity contribution >= 4 is 37.3 Å². The molecule has 2 aromatic rings. The van der Waals surface area contributed by atoms with Crippen LogP contribution in [0.25, 0.3) is 0 Å². The smallest absolute Gasteiger partial charge is 0.262 e. The molecule has 0 radical (unpaired) electrons. The van der Waals surface area contributed by atoms with Crippen LogP contribution in [0.4, 0.5) is 20.2 Å². The van der Waals surface area contributed by atoms with E-state index in [2.05, 4.69) is 20.7 Å². The van der Waals surface area contributed by atoms with E-state index in [0.29, 0.717) is 16.2 Å². The van der Waals surface area contributed by atoms with Crippen LogP contribution in [0, 0.1) is 11.6 Å². The predicted octanol–water partition coefficient (Wildman–Crippen LogP) is 3.11. The lowest BCUT2D eigenvalue weighted by Gasteiger charge is -2.10. The minimum Gasteiger partial charge on any atom is -0.399 e. The summed E-state index contributed by atoms with van der Waals surface area (Å²) in [5.74, 6) is -2.35. The number of hydrogen-bond donors (Lipinski definition) is 2. The number of halogens is 3. The van der Waals surface area contributed by atoms with Gasteiger partial charge in [0.25, 0.3) is 10.0 Å². The molecular weight excluding hydrogens is 354 g/mol. The van der Waals surface area contributed by atoms with Gasteiger partial charge in [0.2, 0.25) is 0 Å². The van der Waals surface area contributed by atoms with Crippen molar-refractivity contribution < 1.29 is 17.2 Å². The Balaban J connectivity index is 2.40. The topological polar surface area (TPSA) is 72.2 Å². The lowest BCUT2D eigenvalue weighted by molar-refractivity contribution is 0.504. The summed E-state index contributed by atoms with van der Waals surface area (Å²) in [5, 5.41) is 0. The van der Waals surface area contributed by atoms with Crippen molar-refractivity contribution in [3.05, 3.63) is 52.5 Å². The molecule has 8 heteroatoms. The normalized spacial score (nSPS) is 11.3. The third-order valence-electron chi connectivity index (χ3n) is 2.44. The van der Waals surface area contributed by atoms with Gasteiger partial charge in [0.1, 0.15) is 0 Å². The second-order valence-electron chi connectivity index (χ2n) is 3.92. The molecule has 0 saturated heterocycles. The SMILES string of the molecule is Nc1ccc(Br)c(NS(=O)(=O)c2ccc(F)c(F)c2)c1. The van der Waals surface area contributed by atoms with Gasteiger partial charge in [-0.1, -0.05) is 0 Å². The fraction of sp³-hybridized carbons (Fsp3) is 0. The van der Waals surface area contributed by atoms with Crippen molar-refractivity contribution in [3.63, 3.8) is 0 Å². The van der Waals surface area contributed by atoms with Crippen LogP contribution >= 0.6 is 15.9 Å². The Morgan fingerprint density at radius 2 is 1.75 bits per heavy atom. The first-order valence-electron chi connectivity index (χ1n) is 5.32. The predicted molar refractivity (Wildman–Crippen MR) is 75.7 cm³/mol. The maximum atomic E-state index is 13.1. The maximum absolute atomic E-state index is 13.1. The van der Waals surface area contributed by atoms with Gasteiger partial charge < -0.3 is 5.73 Å². The van der Waals surface area contributed by atoms with Crippen LogP contribution in [0.15, 0.2) is 45.8 Å². The van der Waals surface area contributed by atoms with E-state index in [1.807, 2.05) is 0 Å². The molecule has 0 aliphatic rings. The zero-order valence-electron chi connectivity index (χ0n) is 9.90. The molecule has 0 aliphatic carbocycles. The molecule has 0 bridgehead atoms. The molecule has 0 aromatic heterocycles. The lowest BCUT2D eigenvalue weighted by atomic mass is 10.3. The summed E-state index contributed by atoms with van der Waals surface area (Å²) in [5.41, 5.74) is 6.12. The summed E-state index contributed by atoms with van der Waals surface area (Å²) in [6.45, 7) is 0. The minimum absolute atomic E-state index is 0.203. The van der Waals surface area contributed by atoms with E-state index in [9.17, 15) is 17.2 Å². The van der Waals surface area contributed by atoms with Crippen LogP contribution in [0.3, 0.4) is 0 Å². The molecule has 2 rings (SSSR count). The quantitative estimate of drug-likeness (QED) is 0.824. The number of benzene rings is 2. The highest BCUT2D eigenvalue weighted by molar-refractivity contribution is 9.10. The van der Waals surface area contributed by atoms with E-state index < -0.39 is 21.7 Å². The molecule has 0 aliphatic heterocycles. The molecule has 0 spiro atoms. The average Bonchev–Trinajstić information content (AvgIpc) is 2.36. The monoisotopic (exact) mass is 362 g/mol. The summed E-state index contributed by atoms with van der Waals surface area (Å²) < 4.78 is 52.8. The number of nitrogens with two attached hydrogens (primary N) is 1. The van der Waals surface area contributed by atoms with Crippen molar-refractivity contribution in [2.24, 2.45) is 0 Å². The number of rotatable bonds is 3. The lowest BCUT2D eigenvalue weighted by Crippen LogP contribution is -2.14. The second-order valence-corrected chi connectivity index (χ2v) is 6.46. The van der Waals surface area contributed by atoms with Gasteiger partial charge in [-0.15, -0.1) is 0 Å². The van der Waals surface area contributed by atoms with Gasteiger partial charge in [0.05, 0.1) is 10.6 Å². The van der Waals surface area contributed by atoms with E-state index in [4.69, 9.17) is 5.73 Å². The average molecular weight is 363 g/mol. The third kappa shape index (κ3) is 3.07. The van der Waals surface area contributed by atoms with Gasteiger partial charge >= 0.3 is 0 Å². The molecule has 0 atom stereocenters. The van der Waals surface area contributed by atoms with Crippen LogP contribution in [0.5, 0.6) is 0 Å². The van der Waals surface area contributed by atoms with E-state index in [1.165, 1.54) is 6.07 Å². The number of nitrogen functional groups attached to an aromatic ring is 1. The summed E-state index contributed by atoms with van der Waals surface area (Å²) in [4.78, 5) is -0.384. The van der Waals surface area contributed by atoms with Gasteiger partial charge in [-0.3, -0.25) is 4.72 Å². The van der Waals surface area contributed by atoms with Crippen LogP contribution in [0.1, 0.15) is 0 Å². The third-order valence-corrected chi connectivity index (χ3v) is 4.49. The summed E-state index contributed by atoms with van der Waals surface area (Å²) in [6.07, 6.45) is 0. The fourth-order valence-electron chi connectivity index (χ4n) is 1.47. The largest absolute Gasteiger partial charge is 0.399 e. The molecule has 4 nitrogen and oxygen atoms in total. The first kappa shape index (κ1) is 14.7. The molecule has 0 heterocycles. The Labute approximate surface area is 122 Å². The Morgan fingerprint density at radius 3 is 2.40 bits per heavy atom. The van der Waals surface area contributed by atoms with Gasteiger partial charge in [0, 0.05) is 10.2 Å². The highest BCUT2D eigenvalue weighted by Crippen LogP contribution is 2.27. The maximum Gasteiger partial charge on any atom is 0.262 e.